The number of anilines is 2. The van der Waals surface area contributed by atoms with Crippen molar-refractivity contribution in [2.75, 3.05) is 19.0 Å². The van der Waals surface area contributed by atoms with Crippen molar-refractivity contribution in [3.63, 3.8) is 0 Å². The van der Waals surface area contributed by atoms with Crippen LogP contribution in [0.4, 0.5) is 11.5 Å². The Bertz CT molecular complexity index is 1210. The number of allylic oxidation sites excluding steroid dienone is 1. The van der Waals surface area contributed by atoms with E-state index in [0.29, 0.717) is 12.4 Å². The largest absolute Gasteiger partial charge is 0.495 e. The predicted molar refractivity (Wildman–Crippen MR) is 121 cm³/mol. The summed E-state index contributed by atoms with van der Waals surface area (Å²) in [6, 6.07) is 8.21. The molecule has 0 unspecified atom stereocenters. The smallest absolute Gasteiger partial charge is 0.144 e. The number of rotatable bonds is 5. The molecular formula is C22H21N5OS. The van der Waals surface area contributed by atoms with Gasteiger partial charge in [-0.3, -0.25) is 4.99 Å². The van der Waals surface area contributed by atoms with Gasteiger partial charge >= 0.3 is 0 Å². The number of hydrogen-bond donors (Lipinski definition) is 2. The van der Waals surface area contributed by atoms with Gasteiger partial charge in [-0.1, -0.05) is 19.6 Å². The van der Waals surface area contributed by atoms with Crippen molar-refractivity contribution in [3.8, 4) is 16.9 Å². The summed E-state index contributed by atoms with van der Waals surface area (Å²) in [5.74, 6) is 1.46. The molecule has 0 aliphatic carbocycles. The Morgan fingerprint density at radius 1 is 1.17 bits per heavy atom. The Kier molecular flexibility index (Phi) is 5.14. The van der Waals surface area contributed by atoms with E-state index in [1.54, 1.807) is 24.8 Å². The van der Waals surface area contributed by atoms with Crippen molar-refractivity contribution in [2.24, 2.45) is 4.99 Å². The van der Waals surface area contributed by atoms with E-state index in [1.165, 1.54) is 5.56 Å². The van der Waals surface area contributed by atoms with Crippen molar-refractivity contribution < 1.29 is 4.74 Å². The third kappa shape index (κ3) is 3.40. The minimum atomic E-state index is 0. The Labute approximate surface area is 173 Å². The highest BCUT2D eigenvalue weighted by atomic mass is 32.1. The van der Waals surface area contributed by atoms with Crippen molar-refractivity contribution in [2.45, 2.75) is 7.43 Å². The Morgan fingerprint density at radius 3 is 2.86 bits per heavy atom. The first-order chi connectivity index (χ1) is 13.8. The molecule has 6 nitrogen and oxygen atoms in total. The zero-order valence-electron chi connectivity index (χ0n) is 15.1. The zero-order valence-corrected chi connectivity index (χ0v) is 16.0. The highest BCUT2D eigenvalue weighted by Gasteiger charge is 2.17. The third-order valence-electron chi connectivity index (χ3n) is 4.70. The van der Waals surface area contributed by atoms with Crippen LogP contribution in [0.3, 0.4) is 0 Å². The standard InChI is InChI=1S/C21H17N5OS.CH4/c1-27-18-5-4-13(14-6-8-28-11-14)9-17(18)26-21-19-15(16-3-2-7-22-16)10-23-20(19)24-12-25-21;/h2-6,8-12H,7H2,1H3,(H2,23,24,25,26);1H4. The Morgan fingerprint density at radius 2 is 2.10 bits per heavy atom. The van der Waals surface area contributed by atoms with Crippen LogP contribution in [0, 0.1) is 0 Å². The third-order valence-corrected chi connectivity index (χ3v) is 5.38. The fourth-order valence-corrected chi connectivity index (χ4v) is 4.01. The van der Waals surface area contributed by atoms with Gasteiger partial charge in [-0.2, -0.15) is 11.3 Å². The highest BCUT2D eigenvalue weighted by molar-refractivity contribution is 7.08. The predicted octanol–water partition coefficient (Wildman–Crippen LogP) is 5.43. The average Bonchev–Trinajstić information content (AvgIpc) is 3.49. The van der Waals surface area contributed by atoms with Crippen LogP contribution in [0.2, 0.25) is 0 Å². The van der Waals surface area contributed by atoms with Gasteiger partial charge in [0, 0.05) is 11.8 Å². The molecule has 7 heteroatoms. The summed E-state index contributed by atoms with van der Waals surface area (Å²) in [6.07, 6.45) is 7.54. The summed E-state index contributed by atoms with van der Waals surface area (Å²) in [4.78, 5) is 16.6. The zero-order chi connectivity index (χ0) is 18.9. The minimum Gasteiger partial charge on any atom is -0.495 e. The van der Waals surface area contributed by atoms with Crippen molar-refractivity contribution in [1.82, 2.24) is 15.0 Å². The minimum absolute atomic E-state index is 0. The molecule has 4 heterocycles. The number of fused-ring (bicyclic) bond motifs is 1. The molecule has 0 saturated carbocycles. The molecule has 5 rings (SSSR count). The topological polar surface area (TPSA) is 75.2 Å². The van der Waals surface area contributed by atoms with Gasteiger partial charge in [0.15, 0.2) is 0 Å². The van der Waals surface area contributed by atoms with Gasteiger partial charge in [0.1, 0.15) is 23.5 Å². The van der Waals surface area contributed by atoms with Crippen LogP contribution < -0.4 is 10.1 Å². The van der Waals surface area contributed by atoms with Crippen LogP contribution in [-0.4, -0.2) is 34.3 Å². The molecule has 3 aromatic heterocycles. The molecule has 0 bridgehead atoms. The maximum Gasteiger partial charge on any atom is 0.144 e. The van der Waals surface area contributed by atoms with Crippen LogP contribution in [0.5, 0.6) is 5.75 Å². The number of methoxy groups -OCH3 is 1. The van der Waals surface area contributed by atoms with Gasteiger partial charge in [-0.25, -0.2) is 9.97 Å². The lowest BCUT2D eigenvalue weighted by Crippen LogP contribution is -2.01. The molecule has 0 fully saturated rings. The maximum absolute atomic E-state index is 5.57. The molecule has 1 aromatic carbocycles. The van der Waals surface area contributed by atoms with Crippen LogP contribution in [-0.2, 0) is 0 Å². The Hall–Kier alpha value is -3.45. The number of H-pyrrole nitrogens is 1. The van der Waals surface area contributed by atoms with E-state index in [0.717, 1.165) is 39.3 Å². The fourth-order valence-electron chi connectivity index (χ4n) is 3.34. The van der Waals surface area contributed by atoms with Crippen LogP contribution in [0.15, 0.2) is 64.7 Å². The molecule has 1 aliphatic heterocycles. The van der Waals surface area contributed by atoms with Crippen molar-refractivity contribution in [3.05, 3.63) is 65.3 Å². The second-order valence-corrected chi connectivity index (χ2v) is 7.11. The monoisotopic (exact) mass is 403 g/mol. The van der Waals surface area contributed by atoms with E-state index in [2.05, 4.69) is 54.2 Å². The van der Waals surface area contributed by atoms with E-state index in [4.69, 9.17) is 4.74 Å². The normalized spacial score (nSPS) is 12.7. The van der Waals surface area contributed by atoms with E-state index in [-0.39, 0.29) is 7.43 Å². The molecule has 0 amide bonds. The molecule has 29 heavy (non-hydrogen) atoms. The second kappa shape index (κ2) is 7.89. The van der Waals surface area contributed by atoms with Crippen molar-refractivity contribution in [1.29, 1.82) is 0 Å². The van der Waals surface area contributed by atoms with Gasteiger partial charge in [0.2, 0.25) is 0 Å². The second-order valence-electron chi connectivity index (χ2n) is 6.33. The molecule has 0 atom stereocenters. The lowest BCUT2D eigenvalue weighted by atomic mass is 10.1. The number of benzene rings is 1. The maximum atomic E-state index is 5.57. The van der Waals surface area contributed by atoms with Gasteiger partial charge in [0.25, 0.3) is 0 Å². The van der Waals surface area contributed by atoms with E-state index < -0.39 is 0 Å². The number of ether oxygens (including phenoxy) is 1. The van der Waals surface area contributed by atoms with E-state index in [9.17, 15) is 0 Å². The average molecular weight is 404 g/mol. The van der Waals surface area contributed by atoms with Gasteiger partial charge < -0.3 is 15.0 Å². The van der Waals surface area contributed by atoms with E-state index >= 15 is 0 Å². The summed E-state index contributed by atoms with van der Waals surface area (Å²) in [6.45, 7) is 0.703. The first-order valence-electron chi connectivity index (χ1n) is 8.84. The summed E-state index contributed by atoms with van der Waals surface area (Å²) in [5.41, 5.74) is 5.83. The number of aliphatic imine (C=N–C) groups is 1. The molecule has 0 spiro atoms. The first kappa shape index (κ1) is 18.9. The van der Waals surface area contributed by atoms with Crippen LogP contribution >= 0.6 is 11.3 Å². The highest BCUT2D eigenvalue weighted by Crippen LogP contribution is 2.35. The molecule has 146 valence electrons. The molecule has 2 N–H and O–H groups in total. The molecule has 4 aromatic rings. The van der Waals surface area contributed by atoms with Crippen molar-refractivity contribution >= 4 is 39.6 Å². The summed E-state index contributed by atoms with van der Waals surface area (Å²) in [5, 5.41) is 8.56. The SMILES string of the molecule is C.COc1ccc(-c2ccsc2)cc1Nc1ncnc2[nH]cc(C3=NCC=C3)c12. The van der Waals surface area contributed by atoms with Crippen LogP contribution in [0.1, 0.15) is 13.0 Å². The summed E-state index contributed by atoms with van der Waals surface area (Å²) < 4.78 is 5.57. The number of nitrogens with one attached hydrogen (secondary N) is 2. The summed E-state index contributed by atoms with van der Waals surface area (Å²) in [7, 11) is 1.67. The molecule has 1 aliphatic rings. The quantitative estimate of drug-likeness (QED) is 0.466. The number of aromatic nitrogens is 3. The fraction of sp³-hybridized carbons (Fsp3) is 0.136. The number of nitrogens with zero attached hydrogens (tertiary/aromatic N) is 3. The summed E-state index contributed by atoms with van der Waals surface area (Å²) >= 11 is 1.68. The Balaban J connectivity index is 0.00000205. The van der Waals surface area contributed by atoms with Gasteiger partial charge in [-0.15, -0.1) is 0 Å². The molecule has 0 radical (unpaired) electrons. The van der Waals surface area contributed by atoms with Gasteiger partial charge in [0.05, 0.1) is 30.4 Å². The molecular weight excluding hydrogens is 382 g/mol. The van der Waals surface area contributed by atoms with Crippen LogP contribution in [0.25, 0.3) is 22.2 Å². The number of hydrogen-bond acceptors (Lipinski definition) is 6. The molecule has 0 saturated heterocycles. The lowest BCUT2D eigenvalue weighted by Gasteiger charge is -2.13. The van der Waals surface area contributed by atoms with E-state index in [1.807, 2.05) is 24.4 Å². The first-order valence-corrected chi connectivity index (χ1v) is 9.79. The lowest BCUT2D eigenvalue weighted by molar-refractivity contribution is 0.417. The number of thiophene rings is 1. The van der Waals surface area contributed by atoms with Gasteiger partial charge in [-0.05, 0) is 46.2 Å². The number of aromatic amines is 1.